The van der Waals surface area contributed by atoms with Gasteiger partial charge in [0.1, 0.15) is 0 Å². The minimum Gasteiger partial charge on any atom is -0.352 e. The molecule has 3 rings (SSSR count). The van der Waals surface area contributed by atoms with E-state index in [1.54, 1.807) is 7.85 Å². The van der Waals surface area contributed by atoms with Gasteiger partial charge in [-0.2, -0.15) is 0 Å². The fourth-order valence-corrected chi connectivity index (χ4v) is 3.25. The summed E-state index contributed by atoms with van der Waals surface area (Å²) in [4.78, 5) is 25.3. The van der Waals surface area contributed by atoms with Crippen LogP contribution in [0, 0.1) is 5.41 Å². The van der Waals surface area contributed by atoms with Crippen LogP contribution in [0.15, 0.2) is 30.3 Å². The summed E-state index contributed by atoms with van der Waals surface area (Å²) < 4.78 is 0. The van der Waals surface area contributed by atoms with Crippen LogP contribution in [-0.4, -0.2) is 37.5 Å². The Labute approximate surface area is 113 Å². The molecule has 2 saturated heterocycles. The van der Waals surface area contributed by atoms with E-state index in [-0.39, 0.29) is 23.2 Å². The summed E-state index contributed by atoms with van der Waals surface area (Å²) in [6.45, 7) is 1.37. The second-order valence-electron chi connectivity index (χ2n) is 5.48. The van der Waals surface area contributed by atoms with Crippen molar-refractivity contribution in [3.05, 3.63) is 35.9 Å². The molecule has 0 aromatic heterocycles. The van der Waals surface area contributed by atoms with Crippen molar-refractivity contribution in [3.63, 3.8) is 0 Å². The molecule has 19 heavy (non-hydrogen) atoms. The fraction of sp³-hybridized carbons (Fsp3) is 0.429. The number of nitrogens with zero attached hydrogens (tertiary/aromatic N) is 1. The Kier molecular flexibility index (Phi) is 2.84. The van der Waals surface area contributed by atoms with Crippen molar-refractivity contribution >= 4 is 19.6 Å². The normalized spacial score (nSPS) is 24.7. The molecule has 98 valence electrons. The smallest absolute Gasteiger partial charge is 0.229 e. The van der Waals surface area contributed by atoms with Crippen molar-refractivity contribution in [1.82, 2.24) is 10.2 Å². The van der Waals surface area contributed by atoms with Crippen LogP contribution in [0.4, 0.5) is 4.79 Å². The van der Waals surface area contributed by atoms with E-state index in [1.807, 2.05) is 23.1 Å². The van der Waals surface area contributed by atoms with Crippen LogP contribution in [0.25, 0.3) is 0 Å². The van der Waals surface area contributed by atoms with Gasteiger partial charge in [0.05, 0.1) is 11.5 Å². The molecular weight excluding hydrogens is 239 g/mol. The lowest BCUT2D eigenvalue weighted by molar-refractivity contribution is -0.150. The van der Waals surface area contributed by atoms with Gasteiger partial charge in [0.25, 0.3) is 0 Å². The van der Waals surface area contributed by atoms with Gasteiger partial charge in [-0.05, 0) is 18.4 Å². The third-order valence-corrected chi connectivity index (χ3v) is 4.51. The lowest BCUT2D eigenvalue weighted by Crippen LogP contribution is -2.64. The summed E-state index contributed by atoms with van der Waals surface area (Å²) in [5, 5.41) is 3.02. The Bertz CT molecular complexity index is 509. The van der Waals surface area contributed by atoms with E-state index >= 15 is 0 Å². The highest BCUT2D eigenvalue weighted by Crippen LogP contribution is 2.49. The summed E-state index contributed by atoms with van der Waals surface area (Å²) in [6.07, 6.45) is 1.52. The van der Waals surface area contributed by atoms with E-state index in [2.05, 4.69) is 17.4 Å². The van der Waals surface area contributed by atoms with Crippen LogP contribution in [0.5, 0.6) is 0 Å². The highest BCUT2D eigenvalue weighted by atomic mass is 16.2. The number of β-lactam (4-membered cyclic amide) rings is 1. The minimum atomic E-state index is -0.298. The van der Waals surface area contributed by atoms with Crippen molar-refractivity contribution in [3.8, 4) is 0 Å². The fourth-order valence-electron chi connectivity index (χ4n) is 3.25. The van der Waals surface area contributed by atoms with E-state index in [4.69, 9.17) is 0 Å². The van der Waals surface area contributed by atoms with Crippen molar-refractivity contribution in [2.24, 2.45) is 5.41 Å². The predicted octanol–water partition coefficient (Wildman–Crippen LogP) is 0.693. The molecule has 1 unspecified atom stereocenters. The molecule has 5 heteroatoms. The van der Waals surface area contributed by atoms with E-state index in [0.29, 0.717) is 13.1 Å². The standard InChI is InChI=1S/C14H17BN2O2/c15-13(19)17-8-6-14(7-9-17)11(16-12(14)18)10-4-2-1-3-5-10/h1-5,11H,6-9,15H2,(H,16,18). The monoisotopic (exact) mass is 256 g/mol. The maximum atomic E-state index is 12.1. The minimum absolute atomic E-state index is 0.103. The zero-order chi connectivity index (χ0) is 13.5. The van der Waals surface area contributed by atoms with Gasteiger partial charge in [-0.3, -0.25) is 9.59 Å². The molecule has 1 N–H and O–H groups in total. The number of rotatable bonds is 1. The van der Waals surface area contributed by atoms with Gasteiger partial charge < -0.3 is 10.2 Å². The van der Waals surface area contributed by atoms with Crippen LogP contribution < -0.4 is 5.32 Å². The van der Waals surface area contributed by atoms with Crippen LogP contribution >= 0.6 is 0 Å². The van der Waals surface area contributed by atoms with Crippen molar-refractivity contribution in [2.75, 3.05) is 13.1 Å². The summed E-state index contributed by atoms with van der Waals surface area (Å²) in [6, 6.07) is 10.2. The van der Waals surface area contributed by atoms with Crippen LogP contribution in [0.3, 0.4) is 0 Å². The van der Waals surface area contributed by atoms with E-state index in [1.165, 1.54) is 5.56 Å². The van der Waals surface area contributed by atoms with Crippen LogP contribution in [0.2, 0.25) is 0 Å². The van der Waals surface area contributed by atoms with Crippen LogP contribution in [0.1, 0.15) is 24.4 Å². The van der Waals surface area contributed by atoms with Gasteiger partial charge in [-0.15, -0.1) is 0 Å². The van der Waals surface area contributed by atoms with Gasteiger partial charge in [-0.25, -0.2) is 0 Å². The first-order chi connectivity index (χ1) is 9.13. The van der Waals surface area contributed by atoms with Gasteiger partial charge in [-0.1, -0.05) is 30.3 Å². The quantitative estimate of drug-likeness (QED) is 0.593. The number of hydrogen-bond acceptors (Lipinski definition) is 2. The van der Waals surface area contributed by atoms with E-state index < -0.39 is 0 Å². The molecule has 1 aromatic carbocycles. The number of nitrogens with one attached hydrogen (secondary N) is 1. The SMILES string of the molecule is BC(=O)N1CCC2(CC1)C(=O)NC2c1ccccc1. The Balaban J connectivity index is 1.80. The number of carbonyl (C=O) groups is 2. The molecule has 1 atom stereocenters. The second-order valence-corrected chi connectivity index (χ2v) is 5.48. The largest absolute Gasteiger partial charge is 0.352 e. The van der Waals surface area contributed by atoms with Crippen molar-refractivity contribution in [1.29, 1.82) is 0 Å². The number of benzene rings is 1. The highest BCUT2D eigenvalue weighted by molar-refractivity contribution is 6.56. The molecule has 2 fully saturated rings. The number of piperidine rings is 1. The molecule has 2 heterocycles. The predicted molar refractivity (Wildman–Crippen MR) is 74.5 cm³/mol. The number of likely N-dealkylation sites (tertiary alicyclic amines) is 1. The van der Waals surface area contributed by atoms with Gasteiger partial charge in [0, 0.05) is 13.1 Å². The Morgan fingerprint density at radius 2 is 1.89 bits per heavy atom. The van der Waals surface area contributed by atoms with Gasteiger partial charge >= 0.3 is 0 Å². The average Bonchev–Trinajstić information content (AvgIpc) is 2.45. The van der Waals surface area contributed by atoms with Crippen molar-refractivity contribution in [2.45, 2.75) is 18.9 Å². The molecule has 0 bridgehead atoms. The van der Waals surface area contributed by atoms with Gasteiger partial charge in [0.2, 0.25) is 13.8 Å². The molecule has 2 amide bonds. The zero-order valence-corrected chi connectivity index (χ0v) is 11.1. The topological polar surface area (TPSA) is 49.4 Å². The Morgan fingerprint density at radius 1 is 1.26 bits per heavy atom. The summed E-state index contributed by atoms with van der Waals surface area (Å²) in [5.74, 6) is 0.246. The van der Waals surface area contributed by atoms with Gasteiger partial charge in [0.15, 0.2) is 5.81 Å². The maximum Gasteiger partial charge on any atom is 0.229 e. The number of carbonyl (C=O) groups excluding carboxylic acids is 2. The molecular formula is C14H17BN2O2. The first-order valence-electron chi connectivity index (χ1n) is 6.75. The summed E-state index contributed by atoms with van der Waals surface area (Å²) in [7, 11) is 1.59. The maximum absolute atomic E-state index is 12.1. The first kappa shape index (κ1) is 12.3. The molecule has 2 aliphatic rings. The third-order valence-electron chi connectivity index (χ3n) is 4.51. The molecule has 0 aliphatic carbocycles. The number of hydrogen-bond donors (Lipinski definition) is 1. The molecule has 2 aliphatic heterocycles. The lowest BCUT2D eigenvalue weighted by Gasteiger charge is -2.52. The van der Waals surface area contributed by atoms with Crippen molar-refractivity contribution < 1.29 is 9.59 Å². The Morgan fingerprint density at radius 3 is 2.42 bits per heavy atom. The average molecular weight is 256 g/mol. The van der Waals surface area contributed by atoms with Crippen LogP contribution in [-0.2, 0) is 4.79 Å². The zero-order valence-electron chi connectivity index (χ0n) is 11.1. The number of amides is 2. The molecule has 4 nitrogen and oxygen atoms in total. The summed E-state index contributed by atoms with van der Waals surface area (Å²) >= 11 is 0. The first-order valence-corrected chi connectivity index (χ1v) is 6.75. The van der Waals surface area contributed by atoms with E-state index in [9.17, 15) is 9.59 Å². The summed E-state index contributed by atoms with van der Waals surface area (Å²) in [5.41, 5.74) is 0.867. The second kappa shape index (κ2) is 4.40. The molecule has 0 saturated carbocycles. The van der Waals surface area contributed by atoms with E-state index in [0.717, 1.165) is 12.8 Å². The highest BCUT2D eigenvalue weighted by Gasteiger charge is 2.56. The third kappa shape index (κ3) is 1.84. The lowest BCUT2D eigenvalue weighted by atomic mass is 9.64. The molecule has 1 aromatic rings. The Hall–Kier alpha value is -1.78. The molecule has 0 radical (unpaired) electrons. The molecule has 1 spiro atoms.